The van der Waals surface area contributed by atoms with Crippen LogP contribution in [0.15, 0.2) is 16.5 Å². The van der Waals surface area contributed by atoms with E-state index in [0.29, 0.717) is 12.5 Å². The first-order valence-electron chi connectivity index (χ1n) is 6.69. The minimum absolute atomic E-state index is 0.585. The standard InChI is InChI=1S/C15H21NO/c16-12-4-7-14-10-11-15(17-14)9-8-13-5-2-1-3-6-13/h10-11,13H,1-7,12,16H2. The van der Waals surface area contributed by atoms with E-state index in [1.54, 1.807) is 0 Å². The molecular weight excluding hydrogens is 210 g/mol. The quantitative estimate of drug-likeness (QED) is 0.812. The van der Waals surface area contributed by atoms with E-state index < -0.39 is 0 Å². The lowest BCUT2D eigenvalue weighted by Crippen LogP contribution is -2.02. The van der Waals surface area contributed by atoms with Gasteiger partial charge in [-0.2, -0.15) is 0 Å². The molecule has 0 aromatic carbocycles. The largest absolute Gasteiger partial charge is 0.453 e. The summed E-state index contributed by atoms with van der Waals surface area (Å²) in [6.45, 7) is 0.712. The summed E-state index contributed by atoms with van der Waals surface area (Å²) in [4.78, 5) is 0. The molecule has 1 aromatic heterocycles. The molecule has 0 bridgehead atoms. The predicted molar refractivity (Wildman–Crippen MR) is 69.5 cm³/mol. The third-order valence-corrected chi connectivity index (χ3v) is 3.29. The lowest BCUT2D eigenvalue weighted by Gasteiger charge is -2.15. The second-order valence-corrected chi connectivity index (χ2v) is 4.76. The first-order valence-corrected chi connectivity index (χ1v) is 6.69. The lowest BCUT2D eigenvalue weighted by molar-refractivity contribution is 0.430. The van der Waals surface area contributed by atoms with E-state index in [2.05, 4.69) is 11.8 Å². The van der Waals surface area contributed by atoms with Gasteiger partial charge in [-0.05, 0) is 43.9 Å². The van der Waals surface area contributed by atoms with Gasteiger partial charge in [0.2, 0.25) is 0 Å². The molecule has 2 heteroatoms. The summed E-state index contributed by atoms with van der Waals surface area (Å²) in [5.41, 5.74) is 5.47. The van der Waals surface area contributed by atoms with Crippen LogP contribution in [0.25, 0.3) is 0 Å². The van der Waals surface area contributed by atoms with Crippen molar-refractivity contribution in [1.82, 2.24) is 0 Å². The van der Waals surface area contributed by atoms with Crippen molar-refractivity contribution in [3.05, 3.63) is 23.7 Å². The summed E-state index contributed by atoms with van der Waals surface area (Å²) in [6.07, 6.45) is 8.45. The lowest BCUT2D eigenvalue weighted by atomic mass is 9.90. The molecule has 1 heterocycles. The van der Waals surface area contributed by atoms with E-state index >= 15 is 0 Å². The Morgan fingerprint density at radius 2 is 2.06 bits per heavy atom. The average molecular weight is 231 g/mol. The molecule has 1 saturated carbocycles. The molecule has 0 atom stereocenters. The van der Waals surface area contributed by atoms with Crippen LogP contribution in [0, 0.1) is 17.8 Å². The van der Waals surface area contributed by atoms with Gasteiger partial charge in [0, 0.05) is 12.3 Å². The minimum atomic E-state index is 0.585. The van der Waals surface area contributed by atoms with Gasteiger partial charge in [-0.3, -0.25) is 0 Å². The Bertz CT molecular complexity index is 391. The van der Waals surface area contributed by atoms with Crippen molar-refractivity contribution < 1.29 is 4.42 Å². The maximum atomic E-state index is 5.65. The number of hydrogen-bond donors (Lipinski definition) is 1. The summed E-state index contributed by atoms with van der Waals surface area (Å²) in [7, 11) is 0. The number of hydrogen-bond acceptors (Lipinski definition) is 2. The molecule has 1 aliphatic rings. The van der Waals surface area contributed by atoms with Crippen molar-refractivity contribution in [2.75, 3.05) is 6.54 Å². The van der Waals surface area contributed by atoms with Gasteiger partial charge in [-0.15, -0.1) is 0 Å². The van der Waals surface area contributed by atoms with E-state index in [1.807, 2.05) is 12.1 Å². The minimum Gasteiger partial charge on any atom is -0.453 e. The smallest absolute Gasteiger partial charge is 0.177 e. The zero-order chi connectivity index (χ0) is 11.9. The van der Waals surface area contributed by atoms with Gasteiger partial charge in [0.1, 0.15) is 5.76 Å². The molecule has 2 nitrogen and oxygen atoms in total. The molecule has 0 spiro atoms. The van der Waals surface area contributed by atoms with Crippen molar-refractivity contribution >= 4 is 0 Å². The molecule has 0 unspecified atom stereocenters. The summed E-state index contributed by atoms with van der Waals surface area (Å²) in [5.74, 6) is 8.90. The van der Waals surface area contributed by atoms with Crippen LogP contribution < -0.4 is 5.73 Å². The molecule has 0 amide bonds. The third kappa shape index (κ3) is 3.94. The molecule has 0 saturated heterocycles. The second-order valence-electron chi connectivity index (χ2n) is 4.76. The number of rotatable bonds is 3. The van der Waals surface area contributed by atoms with Crippen LogP contribution in [0.5, 0.6) is 0 Å². The Kier molecular flexibility index (Phi) is 4.70. The van der Waals surface area contributed by atoms with E-state index in [4.69, 9.17) is 10.2 Å². The van der Waals surface area contributed by atoms with Crippen molar-refractivity contribution in [3.63, 3.8) is 0 Å². The fourth-order valence-corrected chi connectivity index (χ4v) is 2.28. The van der Waals surface area contributed by atoms with E-state index in [1.165, 1.54) is 32.1 Å². The maximum Gasteiger partial charge on any atom is 0.177 e. The van der Waals surface area contributed by atoms with Gasteiger partial charge in [0.05, 0.1) is 0 Å². The van der Waals surface area contributed by atoms with Crippen LogP contribution >= 0.6 is 0 Å². The SMILES string of the molecule is NCCCc1ccc(C#CC2CCCCC2)o1. The Labute approximate surface area is 104 Å². The second kappa shape index (κ2) is 6.51. The molecule has 1 fully saturated rings. The first-order chi connectivity index (χ1) is 8.38. The number of nitrogens with two attached hydrogens (primary N) is 1. The summed E-state index contributed by atoms with van der Waals surface area (Å²) in [5, 5.41) is 0. The number of furan rings is 1. The highest BCUT2D eigenvalue weighted by Crippen LogP contribution is 2.22. The van der Waals surface area contributed by atoms with Crippen molar-refractivity contribution in [3.8, 4) is 11.8 Å². The van der Waals surface area contributed by atoms with Crippen molar-refractivity contribution in [1.29, 1.82) is 0 Å². The number of aryl methyl sites for hydroxylation is 1. The fourth-order valence-electron chi connectivity index (χ4n) is 2.28. The molecule has 2 rings (SSSR count). The highest BCUT2D eigenvalue weighted by molar-refractivity contribution is 5.27. The predicted octanol–water partition coefficient (Wildman–Crippen LogP) is 3.10. The molecule has 17 heavy (non-hydrogen) atoms. The molecule has 2 N–H and O–H groups in total. The van der Waals surface area contributed by atoms with Crippen LogP contribution in [-0.4, -0.2) is 6.54 Å². The van der Waals surface area contributed by atoms with Gasteiger partial charge < -0.3 is 10.2 Å². The van der Waals surface area contributed by atoms with Gasteiger partial charge >= 0.3 is 0 Å². The molecule has 1 aromatic rings. The molecule has 1 aliphatic carbocycles. The molecule has 0 aliphatic heterocycles. The van der Waals surface area contributed by atoms with E-state index in [0.717, 1.165) is 24.4 Å². The zero-order valence-electron chi connectivity index (χ0n) is 10.4. The Morgan fingerprint density at radius 1 is 1.24 bits per heavy atom. The Morgan fingerprint density at radius 3 is 2.82 bits per heavy atom. The summed E-state index contributed by atoms with van der Waals surface area (Å²) < 4.78 is 5.65. The van der Waals surface area contributed by atoms with Gasteiger partial charge in [-0.1, -0.05) is 25.2 Å². The zero-order valence-corrected chi connectivity index (χ0v) is 10.4. The maximum absolute atomic E-state index is 5.65. The monoisotopic (exact) mass is 231 g/mol. The Hall–Kier alpha value is -1.20. The van der Waals surface area contributed by atoms with Crippen LogP contribution in [0.2, 0.25) is 0 Å². The van der Waals surface area contributed by atoms with E-state index in [9.17, 15) is 0 Å². The van der Waals surface area contributed by atoms with Crippen LogP contribution in [0.4, 0.5) is 0 Å². The summed E-state index contributed by atoms with van der Waals surface area (Å²) in [6, 6.07) is 3.99. The third-order valence-electron chi connectivity index (χ3n) is 3.29. The van der Waals surface area contributed by atoms with Crippen molar-refractivity contribution in [2.45, 2.75) is 44.9 Å². The van der Waals surface area contributed by atoms with Crippen LogP contribution in [0.1, 0.15) is 50.0 Å². The highest BCUT2D eigenvalue weighted by Gasteiger charge is 2.10. The van der Waals surface area contributed by atoms with Gasteiger partial charge in [-0.25, -0.2) is 0 Å². The van der Waals surface area contributed by atoms with Crippen LogP contribution in [-0.2, 0) is 6.42 Å². The Balaban J connectivity index is 1.89. The topological polar surface area (TPSA) is 39.2 Å². The average Bonchev–Trinajstić information content (AvgIpc) is 2.83. The summed E-state index contributed by atoms with van der Waals surface area (Å²) >= 11 is 0. The highest BCUT2D eigenvalue weighted by atomic mass is 16.3. The normalized spacial score (nSPS) is 16.5. The molecule has 92 valence electrons. The van der Waals surface area contributed by atoms with E-state index in [-0.39, 0.29) is 0 Å². The first kappa shape index (κ1) is 12.3. The van der Waals surface area contributed by atoms with Gasteiger partial charge in [0.25, 0.3) is 0 Å². The molecular formula is C15H21NO. The fraction of sp³-hybridized carbons (Fsp3) is 0.600. The van der Waals surface area contributed by atoms with Crippen molar-refractivity contribution in [2.24, 2.45) is 11.7 Å². The van der Waals surface area contributed by atoms with Crippen LogP contribution in [0.3, 0.4) is 0 Å². The molecule has 0 radical (unpaired) electrons. The van der Waals surface area contributed by atoms with Gasteiger partial charge in [0.15, 0.2) is 5.76 Å².